The summed E-state index contributed by atoms with van der Waals surface area (Å²) in [4.78, 5) is 26.5. The Labute approximate surface area is 169 Å². The number of fused-ring (bicyclic) bond motifs is 1. The molecule has 0 spiro atoms. The number of anilines is 1. The number of ether oxygens (including phenoxy) is 3. The van der Waals surface area contributed by atoms with Crippen LogP contribution in [0.2, 0.25) is 0 Å². The Morgan fingerprint density at radius 2 is 1.90 bits per heavy atom. The molecule has 2 aromatic carbocycles. The van der Waals surface area contributed by atoms with Gasteiger partial charge in [-0.05, 0) is 29.8 Å². The van der Waals surface area contributed by atoms with E-state index in [1.807, 2.05) is 35.2 Å². The van der Waals surface area contributed by atoms with Gasteiger partial charge in [-0.25, -0.2) is 0 Å². The van der Waals surface area contributed by atoms with Crippen molar-refractivity contribution in [2.24, 2.45) is 0 Å². The van der Waals surface area contributed by atoms with Crippen LogP contribution in [-0.2, 0) is 16.1 Å². The summed E-state index contributed by atoms with van der Waals surface area (Å²) in [5.74, 6) is 1.44. The molecule has 1 aliphatic heterocycles. The Morgan fingerprint density at radius 1 is 1.14 bits per heavy atom. The lowest BCUT2D eigenvalue weighted by Gasteiger charge is -2.35. The lowest BCUT2D eigenvalue weighted by molar-refractivity contribution is -0.127. The van der Waals surface area contributed by atoms with Crippen molar-refractivity contribution >= 4 is 17.5 Å². The number of nitrogens with zero attached hydrogens (tertiary/aromatic N) is 1. The first-order chi connectivity index (χ1) is 14.0. The van der Waals surface area contributed by atoms with Gasteiger partial charge in [0.25, 0.3) is 5.91 Å². The van der Waals surface area contributed by atoms with Crippen molar-refractivity contribution in [3.8, 4) is 17.2 Å². The summed E-state index contributed by atoms with van der Waals surface area (Å²) in [7, 11) is 4.71. The van der Waals surface area contributed by atoms with Gasteiger partial charge in [0, 0.05) is 13.6 Å². The number of hydrogen-bond donors (Lipinski definition) is 2. The summed E-state index contributed by atoms with van der Waals surface area (Å²) in [5.41, 5.74) is 1.68. The molecule has 2 N–H and O–H groups in total. The zero-order chi connectivity index (χ0) is 20.8. The summed E-state index contributed by atoms with van der Waals surface area (Å²) in [6.45, 7) is 0.756. The van der Waals surface area contributed by atoms with E-state index in [2.05, 4.69) is 10.6 Å². The minimum absolute atomic E-state index is 0.112. The third kappa shape index (κ3) is 4.71. The standard InChI is InChI=1S/C21H25N3O5/c1-22-21(26)19-12-24(15-6-4-5-7-16(15)29-19)13-20(25)23-11-14-8-9-17(27-2)18(10-14)28-3/h4-10,19H,11-13H2,1-3H3,(H,22,26)(H,23,25)/t19-/m0/s1. The second kappa shape index (κ2) is 9.18. The Kier molecular flexibility index (Phi) is 6.43. The molecule has 0 aromatic heterocycles. The predicted octanol–water partition coefficient (Wildman–Crippen LogP) is 1.33. The van der Waals surface area contributed by atoms with E-state index in [4.69, 9.17) is 14.2 Å². The molecule has 1 atom stereocenters. The van der Waals surface area contributed by atoms with E-state index < -0.39 is 6.10 Å². The number of likely N-dealkylation sites (N-methyl/N-ethyl adjacent to an activating group) is 1. The van der Waals surface area contributed by atoms with Crippen LogP contribution in [0.5, 0.6) is 17.2 Å². The molecule has 2 aromatic rings. The van der Waals surface area contributed by atoms with Crippen molar-refractivity contribution in [2.75, 3.05) is 39.3 Å². The molecule has 0 radical (unpaired) electrons. The second-order valence-electron chi connectivity index (χ2n) is 6.54. The molecule has 2 amide bonds. The molecule has 0 saturated heterocycles. The summed E-state index contributed by atoms with van der Waals surface area (Å²) in [6.07, 6.45) is -0.673. The lowest BCUT2D eigenvalue weighted by atomic mass is 10.1. The highest BCUT2D eigenvalue weighted by Crippen LogP contribution is 2.33. The van der Waals surface area contributed by atoms with E-state index in [1.54, 1.807) is 33.4 Å². The third-order valence-corrected chi connectivity index (χ3v) is 4.67. The third-order valence-electron chi connectivity index (χ3n) is 4.67. The molecular formula is C21H25N3O5. The first kappa shape index (κ1) is 20.3. The molecule has 0 unspecified atom stereocenters. The fourth-order valence-corrected chi connectivity index (χ4v) is 3.17. The van der Waals surface area contributed by atoms with Crippen molar-refractivity contribution in [2.45, 2.75) is 12.6 Å². The van der Waals surface area contributed by atoms with Crippen LogP contribution in [0.3, 0.4) is 0 Å². The highest BCUT2D eigenvalue weighted by atomic mass is 16.5. The van der Waals surface area contributed by atoms with E-state index in [0.717, 1.165) is 11.3 Å². The van der Waals surface area contributed by atoms with Gasteiger partial charge in [0.1, 0.15) is 5.75 Å². The van der Waals surface area contributed by atoms with Crippen LogP contribution in [0.4, 0.5) is 5.69 Å². The van der Waals surface area contributed by atoms with Gasteiger partial charge in [-0.15, -0.1) is 0 Å². The fourth-order valence-electron chi connectivity index (χ4n) is 3.17. The van der Waals surface area contributed by atoms with Gasteiger partial charge < -0.3 is 29.7 Å². The summed E-state index contributed by atoms with van der Waals surface area (Å²) in [5, 5.41) is 5.50. The molecule has 0 fully saturated rings. The number of amides is 2. The SMILES string of the molecule is CNC(=O)[C@@H]1CN(CC(=O)NCc2ccc(OC)c(OC)c2)c2ccccc2O1. The molecule has 0 saturated carbocycles. The average Bonchev–Trinajstić information content (AvgIpc) is 2.76. The molecule has 29 heavy (non-hydrogen) atoms. The van der Waals surface area contributed by atoms with Gasteiger partial charge in [0.15, 0.2) is 17.6 Å². The zero-order valence-electron chi connectivity index (χ0n) is 16.7. The van der Waals surface area contributed by atoms with Crippen LogP contribution >= 0.6 is 0 Å². The first-order valence-electron chi connectivity index (χ1n) is 9.25. The van der Waals surface area contributed by atoms with Crippen molar-refractivity contribution in [3.63, 3.8) is 0 Å². The summed E-state index contributed by atoms with van der Waals surface area (Å²) < 4.78 is 16.3. The number of methoxy groups -OCH3 is 2. The van der Waals surface area contributed by atoms with E-state index in [-0.39, 0.29) is 18.4 Å². The minimum Gasteiger partial charge on any atom is -0.493 e. The van der Waals surface area contributed by atoms with E-state index in [0.29, 0.717) is 30.3 Å². The number of carbonyl (C=O) groups is 2. The maximum atomic E-state index is 12.6. The van der Waals surface area contributed by atoms with Gasteiger partial charge in [-0.1, -0.05) is 18.2 Å². The molecule has 1 aliphatic rings. The first-order valence-corrected chi connectivity index (χ1v) is 9.25. The van der Waals surface area contributed by atoms with Crippen molar-refractivity contribution < 1.29 is 23.8 Å². The number of benzene rings is 2. The van der Waals surface area contributed by atoms with E-state index in [9.17, 15) is 9.59 Å². The number of para-hydroxylation sites is 2. The number of carbonyl (C=O) groups excluding carboxylic acids is 2. The smallest absolute Gasteiger partial charge is 0.262 e. The molecular weight excluding hydrogens is 374 g/mol. The van der Waals surface area contributed by atoms with Gasteiger partial charge in [-0.3, -0.25) is 9.59 Å². The van der Waals surface area contributed by atoms with Crippen LogP contribution < -0.4 is 29.7 Å². The molecule has 1 heterocycles. The molecule has 8 nitrogen and oxygen atoms in total. The number of hydrogen-bond acceptors (Lipinski definition) is 6. The largest absolute Gasteiger partial charge is 0.493 e. The highest BCUT2D eigenvalue weighted by molar-refractivity contribution is 5.86. The van der Waals surface area contributed by atoms with Crippen LogP contribution in [-0.4, -0.2) is 52.3 Å². The van der Waals surface area contributed by atoms with Gasteiger partial charge in [0.05, 0.1) is 33.0 Å². The highest BCUT2D eigenvalue weighted by Gasteiger charge is 2.30. The predicted molar refractivity (Wildman–Crippen MR) is 109 cm³/mol. The van der Waals surface area contributed by atoms with Crippen LogP contribution in [0.1, 0.15) is 5.56 Å². The van der Waals surface area contributed by atoms with Crippen LogP contribution in [0, 0.1) is 0 Å². The number of rotatable bonds is 7. The van der Waals surface area contributed by atoms with Crippen molar-refractivity contribution in [3.05, 3.63) is 48.0 Å². The van der Waals surface area contributed by atoms with Crippen molar-refractivity contribution in [1.82, 2.24) is 10.6 Å². The monoisotopic (exact) mass is 399 g/mol. The normalized spacial score (nSPS) is 15.0. The van der Waals surface area contributed by atoms with Crippen molar-refractivity contribution in [1.29, 1.82) is 0 Å². The topological polar surface area (TPSA) is 89.1 Å². The van der Waals surface area contributed by atoms with Crippen LogP contribution in [0.15, 0.2) is 42.5 Å². The quantitative estimate of drug-likeness (QED) is 0.730. The lowest BCUT2D eigenvalue weighted by Crippen LogP contribution is -2.50. The molecule has 0 bridgehead atoms. The Balaban J connectivity index is 1.66. The maximum Gasteiger partial charge on any atom is 0.262 e. The van der Waals surface area contributed by atoms with Gasteiger partial charge in [0.2, 0.25) is 5.91 Å². The minimum atomic E-state index is -0.673. The second-order valence-corrected chi connectivity index (χ2v) is 6.54. The maximum absolute atomic E-state index is 12.6. The number of nitrogens with one attached hydrogen (secondary N) is 2. The molecule has 0 aliphatic carbocycles. The van der Waals surface area contributed by atoms with E-state index >= 15 is 0 Å². The molecule has 154 valence electrons. The zero-order valence-corrected chi connectivity index (χ0v) is 16.7. The average molecular weight is 399 g/mol. The Hall–Kier alpha value is -3.42. The Bertz CT molecular complexity index is 886. The summed E-state index contributed by atoms with van der Waals surface area (Å²) >= 11 is 0. The van der Waals surface area contributed by atoms with Crippen LogP contribution in [0.25, 0.3) is 0 Å². The summed E-state index contributed by atoms with van der Waals surface area (Å²) in [6, 6.07) is 12.9. The molecule has 8 heteroatoms. The van der Waals surface area contributed by atoms with Gasteiger partial charge in [-0.2, -0.15) is 0 Å². The van der Waals surface area contributed by atoms with Gasteiger partial charge >= 0.3 is 0 Å². The Morgan fingerprint density at radius 3 is 2.62 bits per heavy atom. The van der Waals surface area contributed by atoms with E-state index in [1.165, 1.54) is 0 Å². The molecule has 3 rings (SSSR count). The fraction of sp³-hybridized carbons (Fsp3) is 0.333.